The van der Waals surface area contributed by atoms with Crippen LogP contribution in [0.4, 0.5) is 10.7 Å². The van der Waals surface area contributed by atoms with E-state index in [1.165, 1.54) is 11.3 Å². The molecule has 0 atom stereocenters. The molecule has 3 rings (SSSR count). The largest absolute Gasteiger partial charge is 0.462 e. The number of benzene rings is 1. The SMILES string of the molecule is CCOC(=O)c1c(NC(=S)Nc2ccc(Cl)c(Cl)c2)sc2c1CC(C)(C)NC2(C)C. The predicted molar refractivity (Wildman–Crippen MR) is 131 cm³/mol. The number of carbonyl (C=O) groups is 1. The highest BCUT2D eigenvalue weighted by atomic mass is 35.5. The van der Waals surface area contributed by atoms with Crippen LogP contribution in [0.2, 0.25) is 10.0 Å². The van der Waals surface area contributed by atoms with Crippen molar-refractivity contribution in [3.8, 4) is 0 Å². The molecule has 3 N–H and O–H groups in total. The Bertz CT molecular complexity index is 1000. The van der Waals surface area contributed by atoms with Crippen LogP contribution in [-0.4, -0.2) is 23.2 Å². The molecule has 0 amide bonds. The van der Waals surface area contributed by atoms with E-state index in [9.17, 15) is 4.79 Å². The summed E-state index contributed by atoms with van der Waals surface area (Å²) in [6, 6.07) is 5.17. The van der Waals surface area contributed by atoms with Gasteiger partial charge < -0.3 is 20.7 Å². The van der Waals surface area contributed by atoms with Gasteiger partial charge in [0, 0.05) is 21.6 Å². The van der Waals surface area contributed by atoms with Crippen LogP contribution in [0.25, 0.3) is 0 Å². The maximum Gasteiger partial charge on any atom is 0.341 e. The van der Waals surface area contributed by atoms with Gasteiger partial charge in [0.15, 0.2) is 5.11 Å². The molecule has 2 heterocycles. The minimum Gasteiger partial charge on any atom is -0.462 e. The maximum absolute atomic E-state index is 12.9. The lowest BCUT2D eigenvalue weighted by molar-refractivity contribution is 0.0526. The van der Waals surface area contributed by atoms with E-state index in [2.05, 4.69) is 43.6 Å². The van der Waals surface area contributed by atoms with Crippen LogP contribution in [0.3, 0.4) is 0 Å². The van der Waals surface area contributed by atoms with Crippen molar-refractivity contribution in [2.75, 3.05) is 17.2 Å². The van der Waals surface area contributed by atoms with Crippen LogP contribution in [0, 0.1) is 0 Å². The van der Waals surface area contributed by atoms with Crippen molar-refractivity contribution in [3.63, 3.8) is 0 Å². The van der Waals surface area contributed by atoms with Gasteiger partial charge in [0.25, 0.3) is 0 Å². The normalized spacial score (nSPS) is 16.5. The molecule has 2 aromatic rings. The number of anilines is 2. The fourth-order valence-electron chi connectivity index (χ4n) is 3.87. The summed E-state index contributed by atoms with van der Waals surface area (Å²) in [6.07, 6.45) is 0.713. The van der Waals surface area contributed by atoms with Gasteiger partial charge in [0.05, 0.1) is 22.2 Å². The predicted octanol–water partition coefficient (Wildman–Crippen LogP) is 6.20. The molecule has 5 nitrogen and oxygen atoms in total. The van der Waals surface area contributed by atoms with Crippen molar-refractivity contribution in [2.24, 2.45) is 0 Å². The average molecular weight is 486 g/mol. The fourth-order valence-corrected chi connectivity index (χ4v) is 5.73. The molecule has 0 spiro atoms. The number of fused-ring (bicyclic) bond motifs is 1. The Balaban J connectivity index is 1.95. The Morgan fingerprint density at radius 1 is 1.23 bits per heavy atom. The molecule has 1 aliphatic rings. The summed E-state index contributed by atoms with van der Waals surface area (Å²) in [5.74, 6) is -0.344. The highest BCUT2D eigenvalue weighted by Gasteiger charge is 2.42. The molecule has 0 radical (unpaired) electrons. The average Bonchev–Trinajstić information content (AvgIpc) is 2.95. The molecule has 0 aliphatic carbocycles. The summed E-state index contributed by atoms with van der Waals surface area (Å²) in [6.45, 7) is 10.6. The zero-order chi connectivity index (χ0) is 22.3. The van der Waals surface area contributed by atoms with Crippen molar-refractivity contribution in [3.05, 3.63) is 44.2 Å². The summed E-state index contributed by atoms with van der Waals surface area (Å²) in [5, 5.41) is 11.9. The summed E-state index contributed by atoms with van der Waals surface area (Å²) in [4.78, 5) is 14.0. The fraction of sp³-hybridized carbons (Fsp3) is 0.429. The number of esters is 1. The van der Waals surface area contributed by atoms with Crippen LogP contribution in [0.5, 0.6) is 0 Å². The number of nitrogens with one attached hydrogen (secondary N) is 3. The molecular formula is C21H25Cl2N3O2S2. The minimum absolute atomic E-state index is 0.158. The molecular weight excluding hydrogens is 461 g/mol. The molecule has 0 saturated carbocycles. The summed E-state index contributed by atoms with van der Waals surface area (Å²) < 4.78 is 5.37. The highest BCUT2D eigenvalue weighted by Crippen LogP contribution is 2.45. The summed E-state index contributed by atoms with van der Waals surface area (Å²) in [7, 11) is 0. The first-order valence-corrected chi connectivity index (χ1v) is 11.6. The first-order chi connectivity index (χ1) is 13.9. The summed E-state index contributed by atoms with van der Waals surface area (Å²) >= 11 is 19.1. The lowest BCUT2D eigenvalue weighted by atomic mass is 9.81. The monoisotopic (exact) mass is 485 g/mol. The van der Waals surface area contributed by atoms with E-state index in [4.69, 9.17) is 40.2 Å². The van der Waals surface area contributed by atoms with E-state index >= 15 is 0 Å². The Kier molecular flexibility index (Phi) is 6.70. The highest BCUT2D eigenvalue weighted by molar-refractivity contribution is 7.80. The van der Waals surface area contributed by atoms with Gasteiger partial charge in [-0.15, -0.1) is 11.3 Å². The number of carbonyl (C=O) groups excluding carboxylic acids is 1. The third-order valence-corrected chi connectivity index (χ3v) is 7.14. The molecule has 30 heavy (non-hydrogen) atoms. The smallest absolute Gasteiger partial charge is 0.341 e. The number of thiophene rings is 1. The molecule has 1 aliphatic heterocycles. The number of hydrogen-bond donors (Lipinski definition) is 3. The lowest BCUT2D eigenvalue weighted by Crippen LogP contribution is -2.55. The first kappa shape index (κ1) is 23.3. The van der Waals surface area contributed by atoms with Crippen LogP contribution in [0.1, 0.15) is 55.4 Å². The van der Waals surface area contributed by atoms with Crippen LogP contribution in [-0.2, 0) is 16.7 Å². The van der Waals surface area contributed by atoms with Crippen LogP contribution < -0.4 is 16.0 Å². The molecule has 0 unspecified atom stereocenters. The summed E-state index contributed by atoms with van der Waals surface area (Å²) in [5.41, 5.74) is 1.81. The van der Waals surface area contributed by atoms with Gasteiger partial charge >= 0.3 is 5.97 Å². The second-order valence-electron chi connectivity index (χ2n) is 8.35. The number of halogens is 2. The Morgan fingerprint density at radius 3 is 2.57 bits per heavy atom. The van der Waals surface area contributed by atoms with Crippen molar-refractivity contribution in [2.45, 2.75) is 52.1 Å². The molecule has 9 heteroatoms. The molecule has 0 saturated heterocycles. The molecule has 0 bridgehead atoms. The van der Waals surface area contributed by atoms with Gasteiger partial charge in [-0.05, 0) is 77.0 Å². The zero-order valence-electron chi connectivity index (χ0n) is 17.5. The van der Waals surface area contributed by atoms with Crippen molar-refractivity contribution in [1.29, 1.82) is 0 Å². The molecule has 1 aromatic heterocycles. The van der Waals surface area contributed by atoms with E-state index in [0.29, 0.717) is 44.4 Å². The van der Waals surface area contributed by atoms with Crippen molar-refractivity contribution in [1.82, 2.24) is 5.32 Å². The second-order valence-corrected chi connectivity index (χ2v) is 10.6. The van der Waals surface area contributed by atoms with Gasteiger partial charge in [0.1, 0.15) is 5.00 Å². The van der Waals surface area contributed by atoms with E-state index in [1.54, 1.807) is 25.1 Å². The molecule has 1 aromatic carbocycles. The van der Waals surface area contributed by atoms with E-state index in [0.717, 1.165) is 10.4 Å². The van der Waals surface area contributed by atoms with Gasteiger partial charge in [-0.25, -0.2) is 4.79 Å². The van der Waals surface area contributed by atoms with Gasteiger partial charge in [-0.2, -0.15) is 0 Å². The number of ether oxygens (including phenoxy) is 1. The third-order valence-electron chi connectivity index (χ3n) is 4.73. The van der Waals surface area contributed by atoms with E-state index in [-0.39, 0.29) is 17.0 Å². The minimum atomic E-state index is -0.344. The van der Waals surface area contributed by atoms with E-state index < -0.39 is 0 Å². The maximum atomic E-state index is 12.9. The molecule has 0 fully saturated rings. The number of rotatable bonds is 4. The Labute approximate surface area is 196 Å². The van der Waals surface area contributed by atoms with Crippen molar-refractivity contribution >= 4 is 68.5 Å². The number of hydrogen-bond acceptors (Lipinski definition) is 5. The first-order valence-electron chi connectivity index (χ1n) is 9.59. The zero-order valence-corrected chi connectivity index (χ0v) is 20.7. The number of thiocarbonyl (C=S) groups is 1. The Morgan fingerprint density at radius 2 is 1.93 bits per heavy atom. The lowest BCUT2D eigenvalue weighted by Gasteiger charge is -2.42. The standard InChI is InChI=1S/C21H25Cl2N3O2S2/c1-6-28-18(27)15-12-10-20(2,3)26-21(4,5)16(12)30-17(15)25-19(29)24-11-7-8-13(22)14(23)9-11/h7-9,26H,6,10H2,1-5H3,(H2,24,25,29). The quantitative estimate of drug-likeness (QED) is 0.353. The van der Waals surface area contributed by atoms with Gasteiger partial charge in [-0.3, -0.25) is 0 Å². The topological polar surface area (TPSA) is 62.4 Å². The van der Waals surface area contributed by atoms with Crippen LogP contribution in [0.15, 0.2) is 18.2 Å². The third kappa shape index (κ3) is 4.92. The van der Waals surface area contributed by atoms with Crippen molar-refractivity contribution < 1.29 is 9.53 Å². The van der Waals surface area contributed by atoms with Gasteiger partial charge in [-0.1, -0.05) is 23.2 Å². The van der Waals surface area contributed by atoms with E-state index in [1.807, 2.05) is 0 Å². The Hall–Kier alpha value is -1.38. The van der Waals surface area contributed by atoms with Gasteiger partial charge in [0.2, 0.25) is 0 Å². The second kappa shape index (κ2) is 8.63. The van der Waals surface area contributed by atoms with Crippen LogP contribution >= 0.6 is 46.8 Å². The molecule has 162 valence electrons.